The summed E-state index contributed by atoms with van der Waals surface area (Å²) in [6.45, 7) is 3.09. The first kappa shape index (κ1) is 17.4. The molecule has 0 atom stereocenters. The fraction of sp³-hybridized carbons (Fsp3) is 0.133. The number of aryl methyl sites for hydroxylation is 1. The molecule has 0 saturated carbocycles. The number of para-hydroxylation sites is 1. The van der Waals surface area contributed by atoms with E-state index in [0.29, 0.717) is 11.1 Å². The lowest BCUT2D eigenvalue weighted by Crippen LogP contribution is -2.16. The number of carboxylic acid groups (broad SMARTS) is 1. The molecule has 0 aromatic heterocycles. The molecule has 126 valence electrons. The van der Waals surface area contributed by atoms with E-state index >= 15 is 0 Å². The van der Waals surface area contributed by atoms with Gasteiger partial charge in [0.1, 0.15) is 0 Å². The lowest BCUT2D eigenvalue weighted by molar-refractivity contribution is -0.385. The monoisotopic (exact) mass is 350 g/mol. The number of nitro benzene ring substituents is 1. The van der Waals surface area contributed by atoms with Crippen molar-refractivity contribution < 1.29 is 23.2 Å². The Balaban J connectivity index is 2.53. The molecular formula is C15H14N2O6S. The highest BCUT2D eigenvalue weighted by atomic mass is 32.2. The van der Waals surface area contributed by atoms with Gasteiger partial charge in [-0.15, -0.1) is 0 Å². The number of anilines is 1. The Kier molecular flexibility index (Phi) is 4.56. The SMILES string of the molecule is Cc1cc(S(=O)(=O)Nc2ccccc2C(=O)O)cc([N+](=O)[O-])c1C. The maximum Gasteiger partial charge on any atom is 0.337 e. The fourth-order valence-corrected chi connectivity index (χ4v) is 3.30. The number of sulfonamides is 1. The highest BCUT2D eigenvalue weighted by molar-refractivity contribution is 7.92. The van der Waals surface area contributed by atoms with Crippen molar-refractivity contribution in [2.24, 2.45) is 0 Å². The van der Waals surface area contributed by atoms with E-state index in [1.165, 1.54) is 37.3 Å². The molecule has 2 rings (SSSR count). The molecule has 0 aliphatic heterocycles. The van der Waals surface area contributed by atoms with E-state index in [4.69, 9.17) is 5.11 Å². The Morgan fingerprint density at radius 3 is 2.42 bits per heavy atom. The molecule has 2 aromatic carbocycles. The van der Waals surface area contributed by atoms with Gasteiger partial charge in [0.25, 0.3) is 15.7 Å². The average Bonchev–Trinajstić information content (AvgIpc) is 2.49. The number of nitrogens with one attached hydrogen (secondary N) is 1. The highest BCUT2D eigenvalue weighted by Gasteiger charge is 2.23. The molecule has 0 bridgehead atoms. The molecular weight excluding hydrogens is 336 g/mol. The maximum absolute atomic E-state index is 12.5. The number of carbonyl (C=O) groups is 1. The summed E-state index contributed by atoms with van der Waals surface area (Å²) in [6, 6.07) is 7.75. The van der Waals surface area contributed by atoms with Gasteiger partial charge in [-0.1, -0.05) is 12.1 Å². The molecule has 0 heterocycles. The summed E-state index contributed by atoms with van der Waals surface area (Å²) in [6.07, 6.45) is 0. The molecule has 0 aliphatic carbocycles. The minimum absolute atomic E-state index is 0.120. The van der Waals surface area contributed by atoms with Crippen molar-refractivity contribution in [3.8, 4) is 0 Å². The predicted molar refractivity (Wildman–Crippen MR) is 86.8 cm³/mol. The summed E-state index contributed by atoms with van der Waals surface area (Å²) in [4.78, 5) is 21.3. The summed E-state index contributed by atoms with van der Waals surface area (Å²) in [7, 11) is -4.18. The number of nitro groups is 1. The van der Waals surface area contributed by atoms with Crippen molar-refractivity contribution in [1.29, 1.82) is 0 Å². The van der Waals surface area contributed by atoms with Crippen molar-refractivity contribution in [3.63, 3.8) is 0 Å². The topological polar surface area (TPSA) is 127 Å². The Morgan fingerprint density at radius 2 is 1.83 bits per heavy atom. The molecule has 2 N–H and O–H groups in total. The molecule has 0 unspecified atom stereocenters. The Morgan fingerprint density at radius 1 is 1.21 bits per heavy atom. The van der Waals surface area contributed by atoms with Crippen LogP contribution in [-0.2, 0) is 10.0 Å². The van der Waals surface area contributed by atoms with E-state index < -0.39 is 20.9 Å². The average molecular weight is 350 g/mol. The van der Waals surface area contributed by atoms with E-state index in [0.717, 1.165) is 6.07 Å². The third-order valence-corrected chi connectivity index (χ3v) is 4.87. The van der Waals surface area contributed by atoms with E-state index in [1.54, 1.807) is 6.92 Å². The zero-order valence-electron chi connectivity index (χ0n) is 12.8. The Bertz CT molecular complexity index is 937. The van der Waals surface area contributed by atoms with Crippen molar-refractivity contribution in [3.05, 3.63) is 63.2 Å². The smallest absolute Gasteiger partial charge is 0.337 e. The zero-order chi connectivity index (χ0) is 18.1. The number of hydrogen-bond donors (Lipinski definition) is 2. The molecule has 8 nitrogen and oxygen atoms in total. The number of hydrogen-bond acceptors (Lipinski definition) is 5. The number of rotatable bonds is 5. The second-order valence-electron chi connectivity index (χ2n) is 5.10. The first-order valence-electron chi connectivity index (χ1n) is 6.74. The Labute approximate surface area is 138 Å². The first-order chi connectivity index (χ1) is 11.1. The molecule has 0 amide bonds. The van der Waals surface area contributed by atoms with Crippen LogP contribution in [0.2, 0.25) is 0 Å². The number of benzene rings is 2. The minimum atomic E-state index is -4.18. The molecule has 0 aliphatic rings. The largest absolute Gasteiger partial charge is 0.478 e. The maximum atomic E-state index is 12.5. The second-order valence-corrected chi connectivity index (χ2v) is 6.78. The molecule has 0 saturated heterocycles. The number of aromatic carboxylic acids is 1. The summed E-state index contributed by atoms with van der Waals surface area (Å²) in [5.41, 5.74) is 0.146. The van der Waals surface area contributed by atoms with Gasteiger partial charge < -0.3 is 5.11 Å². The van der Waals surface area contributed by atoms with Crippen LogP contribution in [-0.4, -0.2) is 24.4 Å². The van der Waals surface area contributed by atoms with Gasteiger partial charge in [0.05, 0.1) is 21.1 Å². The summed E-state index contributed by atoms with van der Waals surface area (Å²) in [5.74, 6) is -1.29. The molecule has 9 heteroatoms. The molecule has 0 spiro atoms. The van der Waals surface area contributed by atoms with Gasteiger partial charge in [0.2, 0.25) is 0 Å². The Hall–Kier alpha value is -2.94. The molecule has 0 radical (unpaired) electrons. The molecule has 24 heavy (non-hydrogen) atoms. The third kappa shape index (κ3) is 3.35. The molecule has 2 aromatic rings. The van der Waals surface area contributed by atoms with Crippen LogP contribution in [0.5, 0.6) is 0 Å². The highest BCUT2D eigenvalue weighted by Crippen LogP contribution is 2.27. The molecule has 0 fully saturated rings. The van der Waals surface area contributed by atoms with Crippen LogP contribution in [0.4, 0.5) is 11.4 Å². The van der Waals surface area contributed by atoms with Crippen LogP contribution in [0.3, 0.4) is 0 Å². The first-order valence-corrected chi connectivity index (χ1v) is 8.22. The van der Waals surface area contributed by atoms with E-state index in [-0.39, 0.29) is 21.8 Å². The quantitative estimate of drug-likeness (QED) is 0.630. The standard InChI is InChI=1S/C15H14N2O6S/c1-9-7-11(8-14(10(9)2)17(20)21)24(22,23)16-13-6-4-3-5-12(13)15(18)19/h3-8,16H,1-2H3,(H,18,19). The van der Waals surface area contributed by atoms with Gasteiger partial charge in [-0.05, 0) is 37.6 Å². The van der Waals surface area contributed by atoms with Crippen molar-refractivity contribution >= 4 is 27.4 Å². The minimum Gasteiger partial charge on any atom is -0.478 e. The normalized spacial score (nSPS) is 11.1. The van der Waals surface area contributed by atoms with Gasteiger partial charge >= 0.3 is 5.97 Å². The van der Waals surface area contributed by atoms with Crippen molar-refractivity contribution in [2.45, 2.75) is 18.7 Å². The van der Waals surface area contributed by atoms with Crippen LogP contribution in [0, 0.1) is 24.0 Å². The van der Waals surface area contributed by atoms with E-state index in [9.17, 15) is 23.3 Å². The lowest BCUT2D eigenvalue weighted by Gasteiger charge is -2.12. The van der Waals surface area contributed by atoms with Gasteiger partial charge in [-0.3, -0.25) is 14.8 Å². The van der Waals surface area contributed by atoms with E-state index in [2.05, 4.69) is 4.72 Å². The summed E-state index contributed by atoms with van der Waals surface area (Å²) < 4.78 is 27.1. The van der Waals surface area contributed by atoms with Crippen LogP contribution in [0.15, 0.2) is 41.3 Å². The van der Waals surface area contributed by atoms with Gasteiger partial charge in [0.15, 0.2) is 0 Å². The number of nitrogens with zero attached hydrogens (tertiary/aromatic N) is 1. The van der Waals surface area contributed by atoms with Crippen LogP contribution >= 0.6 is 0 Å². The van der Waals surface area contributed by atoms with Gasteiger partial charge in [0, 0.05) is 11.6 Å². The number of carboxylic acids is 1. The summed E-state index contributed by atoms with van der Waals surface area (Å²) in [5, 5.41) is 20.2. The van der Waals surface area contributed by atoms with E-state index in [1.807, 2.05) is 0 Å². The van der Waals surface area contributed by atoms with Crippen LogP contribution in [0.1, 0.15) is 21.5 Å². The predicted octanol–water partition coefficient (Wildman–Crippen LogP) is 2.71. The van der Waals surface area contributed by atoms with Crippen molar-refractivity contribution in [2.75, 3.05) is 4.72 Å². The van der Waals surface area contributed by atoms with Gasteiger partial charge in [-0.2, -0.15) is 0 Å². The third-order valence-electron chi connectivity index (χ3n) is 3.52. The van der Waals surface area contributed by atoms with Gasteiger partial charge in [-0.25, -0.2) is 13.2 Å². The lowest BCUT2D eigenvalue weighted by atomic mass is 10.1. The fourth-order valence-electron chi connectivity index (χ4n) is 2.12. The zero-order valence-corrected chi connectivity index (χ0v) is 13.6. The summed E-state index contributed by atoms with van der Waals surface area (Å²) >= 11 is 0. The second kappa shape index (κ2) is 6.28. The van der Waals surface area contributed by atoms with Crippen LogP contribution < -0.4 is 4.72 Å². The van der Waals surface area contributed by atoms with Crippen molar-refractivity contribution in [1.82, 2.24) is 0 Å². The van der Waals surface area contributed by atoms with Crippen LogP contribution in [0.25, 0.3) is 0 Å².